The van der Waals surface area contributed by atoms with Crippen molar-refractivity contribution in [2.24, 2.45) is 11.7 Å². The van der Waals surface area contributed by atoms with E-state index in [1.807, 2.05) is 0 Å². The minimum atomic E-state index is -4.56. The average Bonchev–Trinajstić information content (AvgIpc) is 2.24. The van der Waals surface area contributed by atoms with Gasteiger partial charge in [0, 0.05) is 6.20 Å². The largest absolute Gasteiger partial charge is 0.433 e. The van der Waals surface area contributed by atoms with E-state index in [4.69, 9.17) is 5.73 Å². The van der Waals surface area contributed by atoms with E-state index in [0.717, 1.165) is 12.3 Å². The number of primary amides is 1. The molecule has 0 spiro atoms. The van der Waals surface area contributed by atoms with Gasteiger partial charge in [-0.15, -0.1) is 0 Å². The number of nitrogens with zero attached hydrogens (tertiary/aromatic N) is 2. The van der Waals surface area contributed by atoms with E-state index in [2.05, 4.69) is 15.3 Å². The van der Waals surface area contributed by atoms with Crippen LogP contribution in [0.15, 0.2) is 12.3 Å². The first kappa shape index (κ1) is 14.2. The maximum Gasteiger partial charge on any atom is 0.433 e. The van der Waals surface area contributed by atoms with Gasteiger partial charge in [-0.2, -0.15) is 13.2 Å². The summed E-state index contributed by atoms with van der Waals surface area (Å²) in [4.78, 5) is 18.0. The average molecular weight is 262 g/mol. The molecule has 1 amide bonds. The first-order chi connectivity index (χ1) is 8.21. The molecule has 0 unspecified atom stereocenters. The molecule has 1 aromatic heterocycles. The maximum absolute atomic E-state index is 12.4. The summed E-state index contributed by atoms with van der Waals surface area (Å²) in [6.45, 7) is 3.41. The molecule has 5 nitrogen and oxygen atoms in total. The van der Waals surface area contributed by atoms with E-state index >= 15 is 0 Å². The Morgan fingerprint density at radius 1 is 1.44 bits per heavy atom. The van der Waals surface area contributed by atoms with Crippen molar-refractivity contribution >= 4 is 11.9 Å². The van der Waals surface area contributed by atoms with E-state index in [1.165, 1.54) is 0 Å². The molecule has 0 radical (unpaired) electrons. The summed E-state index contributed by atoms with van der Waals surface area (Å²) < 4.78 is 37.2. The zero-order chi connectivity index (χ0) is 13.9. The Bertz CT molecular complexity index is 433. The lowest BCUT2D eigenvalue weighted by Crippen LogP contribution is -2.40. The second-order valence-corrected chi connectivity index (χ2v) is 4.03. The highest BCUT2D eigenvalue weighted by Crippen LogP contribution is 2.27. The number of hydrogen-bond acceptors (Lipinski definition) is 4. The molecular weight excluding hydrogens is 249 g/mol. The molecular formula is C10H13F3N4O. The van der Waals surface area contributed by atoms with Crippen LogP contribution in [0.25, 0.3) is 0 Å². The molecule has 1 rings (SSSR count). The van der Waals surface area contributed by atoms with Crippen LogP contribution in [-0.2, 0) is 11.0 Å². The number of hydrogen-bond donors (Lipinski definition) is 2. The first-order valence-corrected chi connectivity index (χ1v) is 5.18. The Morgan fingerprint density at radius 2 is 2.06 bits per heavy atom. The molecule has 1 aromatic rings. The number of nitrogens with one attached hydrogen (secondary N) is 1. The smallest absolute Gasteiger partial charge is 0.368 e. The second-order valence-electron chi connectivity index (χ2n) is 4.03. The topological polar surface area (TPSA) is 80.9 Å². The van der Waals surface area contributed by atoms with Crippen LogP contribution in [-0.4, -0.2) is 21.9 Å². The molecule has 0 aliphatic heterocycles. The summed E-state index contributed by atoms with van der Waals surface area (Å²) in [6.07, 6.45) is -3.59. The fourth-order valence-corrected chi connectivity index (χ4v) is 1.29. The van der Waals surface area contributed by atoms with Crippen molar-refractivity contribution in [1.29, 1.82) is 0 Å². The van der Waals surface area contributed by atoms with Gasteiger partial charge >= 0.3 is 6.18 Å². The van der Waals surface area contributed by atoms with Gasteiger partial charge in [0.1, 0.15) is 11.7 Å². The number of halogens is 3. The molecule has 0 saturated carbocycles. The zero-order valence-electron chi connectivity index (χ0n) is 9.82. The zero-order valence-corrected chi connectivity index (χ0v) is 9.82. The molecule has 3 N–H and O–H groups in total. The van der Waals surface area contributed by atoms with E-state index < -0.39 is 23.8 Å². The first-order valence-electron chi connectivity index (χ1n) is 5.18. The third-order valence-corrected chi connectivity index (χ3v) is 2.20. The van der Waals surface area contributed by atoms with Crippen LogP contribution >= 0.6 is 0 Å². The van der Waals surface area contributed by atoms with Gasteiger partial charge < -0.3 is 11.1 Å². The van der Waals surface area contributed by atoms with E-state index in [9.17, 15) is 18.0 Å². The van der Waals surface area contributed by atoms with Gasteiger partial charge in [0.25, 0.3) is 0 Å². The fourth-order valence-electron chi connectivity index (χ4n) is 1.29. The van der Waals surface area contributed by atoms with Gasteiger partial charge in [-0.1, -0.05) is 13.8 Å². The molecule has 0 fully saturated rings. The second kappa shape index (κ2) is 5.19. The molecule has 100 valence electrons. The number of carbonyl (C=O) groups excluding carboxylic acids is 1. The van der Waals surface area contributed by atoms with Gasteiger partial charge in [0.15, 0.2) is 0 Å². The minimum absolute atomic E-state index is 0.194. The van der Waals surface area contributed by atoms with Gasteiger partial charge in [-0.3, -0.25) is 4.79 Å². The van der Waals surface area contributed by atoms with Crippen LogP contribution < -0.4 is 11.1 Å². The van der Waals surface area contributed by atoms with Gasteiger partial charge in [-0.05, 0) is 12.0 Å². The third kappa shape index (κ3) is 3.57. The third-order valence-electron chi connectivity index (χ3n) is 2.20. The summed E-state index contributed by atoms with van der Waals surface area (Å²) in [5.41, 5.74) is 4.05. The van der Waals surface area contributed by atoms with Crippen molar-refractivity contribution in [3.63, 3.8) is 0 Å². The Labute approximate surface area is 102 Å². The van der Waals surface area contributed by atoms with Crippen molar-refractivity contribution in [3.8, 4) is 0 Å². The highest BCUT2D eigenvalue weighted by Gasteiger charge is 2.33. The number of nitrogens with two attached hydrogens (primary N) is 1. The lowest BCUT2D eigenvalue weighted by atomic mass is 10.0. The number of amides is 1. The number of rotatable bonds is 4. The molecule has 0 aliphatic carbocycles. The van der Waals surface area contributed by atoms with E-state index in [0.29, 0.717) is 0 Å². The molecule has 18 heavy (non-hydrogen) atoms. The lowest BCUT2D eigenvalue weighted by Gasteiger charge is -2.19. The molecule has 1 atom stereocenters. The maximum atomic E-state index is 12.4. The van der Waals surface area contributed by atoms with Crippen LogP contribution in [0.4, 0.5) is 19.1 Å². The number of aromatic nitrogens is 2. The van der Waals surface area contributed by atoms with Gasteiger partial charge in [0.05, 0.1) is 0 Å². The minimum Gasteiger partial charge on any atom is -0.368 e. The van der Waals surface area contributed by atoms with Crippen molar-refractivity contribution in [1.82, 2.24) is 9.97 Å². The predicted molar refractivity (Wildman–Crippen MR) is 58.5 cm³/mol. The standard InChI is InChI=1S/C10H13F3N4O/c1-5(2)7(8(14)18)17-9-15-4-3-6(16-9)10(11,12)13/h3-5,7H,1-2H3,(H2,14,18)(H,15,16,17)/t7-/m0/s1. The summed E-state index contributed by atoms with van der Waals surface area (Å²) >= 11 is 0. The molecule has 0 aromatic carbocycles. The number of alkyl halides is 3. The summed E-state index contributed by atoms with van der Waals surface area (Å²) in [7, 11) is 0. The van der Waals surface area contributed by atoms with Crippen LogP contribution in [0.2, 0.25) is 0 Å². The lowest BCUT2D eigenvalue weighted by molar-refractivity contribution is -0.141. The quantitative estimate of drug-likeness (QED) is 0.859. The van der Waals surface area contributed by atoms with Crippen molar-refractivity contribution in [2.45, 2.75) is 26.1 Å². The highest BCUT2D eigenvalue weighted by atomic mass is 19.4. The normalized spacial score (nSPS) is 13.4. The monoisotopic (exact) mass is 262 g/mol. The fraction of sp³-hybridized carbons (Fsp3) is 0.500. The molecule has 1 heterocycles. The number of anilines is 1. The summed E-state index contributed by atoms with van der Waals surface area (Å²) in [5, 5.41) is 2.49. The molecule has 0 saturated heterocycles. The molecule has 0 bridgehead atoms. The Kier molecular flexibility index (Phi) is 4.10. The predicted octanol–water partition coefficient (Wildman–Crippen LogP) is 1.42. The Morgan fingerprint density at radius 3 is 2.50 bits per heavy atom. The molecule has 0 aliphatic rings. The molecule has 8 heteroatoms. The summed E-state index contributed by atoms with van der Waals surface area (Å²) in [6, 6.07) is -0.0756. The van der Waals surface area contributed by atoms with E-state index in [1.54, 1.807) is 13.8 Å². The van der Waals surface area contributed by atoms with Crippen molar-refractivity contribution in [3.05, 3.63) is 18.0 Å². The van der Waals surface area contributed by atoms with Gasteiger partial charge in [-0.25, -0.2) is 9.97 Å². The highest BCUT2D eigenvalue weighted by molar-refractivity contribution is 5.82. The number of carbonyl (C=O) groups is 1. The summed E-state index contributed by atoms with van der Waals surface area (Å²) in [5.74, 6) is -1.14. The van der Waals surface area contributed by atoms with Crippen molar-refractivity contribution in [2.75, 3.05) is 5.32 Å². The van der Waals surface area contributed by atoms with Crippen LogP contribution in [0, 0.1) is 5.92 Å². The Balaban J connectivity index is 2.94. The van der Waals surface area contributed by atoms with Crippen LogP contribution in [0.3, 0.4) is 0 Å². The van der Waals surface area contributed by atoms with Crippen LogP contribution in [0.1, 0.15) is 19.5 Å². The van der Waals surface area contributed by atoms with E-state index in [-0.39, 0.29) is 11.9 Å². The SMILES string of the molecule is CC(C)[C@H](Nc1nccc(C(F)(F)F)n1)C(N)=O. The van der Waals surface area contributed by atoms with Crippen LogP contribution in [0.5, 0.6) is 0 Å². The Hall–Kier alpha value is -1.86. The van der Waals surface area contributed by atoms with Gasteiger partial charge in [0.2, 0.25) is 11.9 Å². The van der Waals surface area contributed by atoms with Crippen molar-refractivity contribution < 1.29 is 18.0 Å².